The fourth-order valence-electron chi connectivity index (χ4n) is 5.62. The fraction of sp³-hybridized carbons (Fsp3) is 0.667. The Labute approximate surface area is 125 Å². The van der Waals surface area contributed by atoms with E-state index in [-0.39, 0.29) is 29.0 Å². The van der Waals surface area contributed by atoms with Gasteiger partial charge < -0.3 is 10.2 Å². The molecule has 4 rings (SSSR count). The van der Waals surface area contributed by atoms with Crippen LogP contribution in [-0.4, -0.2) is 16.3 Å². The lowest BCUT2D eigenvalue weighted by Gasteiger charge is -2.50. The lowest BCUT2D eigenvalue weighted by atomic mass is 9.55. The predicted molar refractivity (Wildman–Crippen MR) is 78.7 cm³/mol. The Morgan fingerprint density at radius 3 is 2.81 bits per heavy atom. The largest absolute Gasteiger partial charge is 0.508 e. The summed E-state index contributed by atoms with van der Waals surface area (Å²) >= 11 is 0. The number of fused-ring (bicyclic) bond motifs is 5. The summed E-state index contributed by atoms with van der Waals surface area (Å²) in [6.07, 6.45) is 5.65. The summed E-state index contributed by atoms with van der Waals surface area (Å²) in [6, 6.07) is 3.00. The van der Waals surface area contributed by atoms with Gasteiger partial charge in [-0.2, -0.15) is 0 Å². The zero-order valence-corrected chi connectivity index (χ0v) is 12.5. The molecule has 114 valence electrons. The average Bonchev–Trinajstić information content (AvgIpc) is 2.74. The molecular weight excluding hydrogens is 267 g/mol. The van der Waals surface area contributed by atoms with Crippen LogP contribution < -0.4 is 0 Å². The van der Waals surface area contributed by atoms with Gasteiger partial charge in [0.15, 0.2) is 0 Å². The number of phenolic OH excluding ortho intramolecular Hbond substituents is 1. The van der Waals surface area contributed by atoms with Crippen LogP contribution in [0.25, 0.3) is 0 Å². The number of aliphatic hydroxyl groups excluding tert-OH is 1. The van der Waals surface area contributed by atoms with Crippen molar-refractivity contribution in [2.45, 2.75) is 57.5 Å². The van der Waals surface area contributed by atoms with Crippen LogP contribution in [0.5, 0.6) is 5.75 Å². The maximum absolute atomic E-state index is 14.4. The highest BCUT2D eigenvalue weighted by molar-refractivity contribution is 5.41. The Kier molecular flexibility index (Phi) is 2.88. The highest BCUT2D eigenvalue weighted by atomic mass is 19.1. The minimum absolute atomic E-state index is 0.0338. The van der Waals surface area contributed by atoms with Gasteiger partial charge in [0.1, 0.15) is 11.6 Å². The number of hydrogen-bond acceptors (Lipinski definition) is 2. The Hall–Kier alpha value is -1.09. The first kappa shape index (κ1) is 13.6. The third kappa shape index (κ3) is 1.79. The summed E-state index contributed by atoms with van der Waals surface area (Å²) in [5.41, 5.74) is 1.88. The first-order chi connectivity index (χ1) is 10.0. The molecule has 3 heteroatoms. The monoisotopic (exact) mass is 290 g/mol. The number of hydrogen-bond donors (Lipinski definition) is 2. The van der Waals surface area contributed by atoms with Gasteiger partial charge in [-0.3, -0.25) is 0 Å². The van der Waals surface area contributed by atoms with Gasteiger partial charge in [-0.05, 0) is 78.9 Å². The van der Waals surface area contributed by atoms with Crippen molar-refractivity contribution in [3.8, 4) is 5.75 Å². The molecule has 0 unspecified atom stereocenters. The number of aryl methyl sites for hydroxylation is 1. The van der Waals surface area contributed by atoms with Gasteiger partial charge in [0.25, 0.3) is 0 Å². The van der Waals surface area contributed by atoms with E-state index in [2.05, 4.69) is 6.92 Å². The molecule has 0 amide bonds. The topological polar surface area (TPSA) is 40.5 Å². The highest BCUT2D eigenvalue weighted by Crippen LogP contribution is 2.61. The van der Waals surface area contributed by atoms with Crippen LogP contribution in [0.4, 0.5) is 4.39 Å². The molecule has 0 bridgehead atoms. The molecule has 0 radical (unpaired) electrons. The van der Waals surface area contributed by atoms with E-state index in [1.807, 2.05) is 0 Å². The van der Waals surface area contributed by atoms with Crippen LogP contribution in [0, 0.1) is 23.1 Å². The van der Waals surface area contributed by atoms with Crippen molar-refractivity contribution in [3.63, 3.8) is 0 Å². The van der Waals surface area contributed by atoms with E-state index in [0.717, 1.165) is 49.7 Å². The minimum atomic E-state index is -0.234. The van der Waals surface area contributed by atoms with E-state index in [0.29, 0.717) is 11.8 Å². The smallest absolute Gasteiger partial charge is 0.130 e. The van der Waals surface area contributed by atoms with Crippen molar-refractivity contribution in [3.05, 3.63) is 29.1 Å². The van der Waals surface area contributed by atoms with Gasteiger partial charge in [-0.1, -0.05) is 6.92 Å². The lowest BCUT2D eigenvalue weighted by Crippen LogP contribution is -2.44. The molecule has 3 aliphatic carbocycles. The van der Waals surface area contributed by atoms with E-state index >= 15 is 0 Å². The molecule has 1 aromatic carbocycles. The first-order valence-electron chi connectivity index (χ1n) is 8.20. The molecule has 5 atom stereocenters. The second-order valence-electron chi connectivity index (χ2n) is 7.55. The van der Waals surface area contributed by atoms with Crippen LogP contribution in [-0.2, 0) is 6.42 Å². The molecule has 3 aliphatic rings. The standard InChI is InChI=1S/C18H23FO2/c1-18-7-6-13-12(14(18)4-5-16(18)21)3-2-10-8-11(20)9-15(19)17(10)13/h8-9,12-14,16,20-21H,2-7H2,1H3/t12-,13+,14+,16-,18+/m1/s1. The number of rotatable bonds is 0. The van der Waals surface area contributed by atoms with Crippen LogP contribution in [0.1, 0.15) is 56.1 Å². The SMILES string of the molecule is C[C@]12CC[C@@H]3c4c(F)cc(O)cc4CC[C@H]3[C@@H]1CC[C@H]2O. The second kappa shape index (κ2) is 4.45. The van der Waals surface area contributed by atoms with E-state index in [1.54, 1.807) is 6.07 Å². The number of benzene rings is 1. The molecule has 0 heterocycles. The van der Waals surface area contributed by atoms with Gasteiger partial charge >= 0.3 is 0 Å². The molecule has 0 spiro atoms. The van der Waals surface area contributed by atoms with Crippen LogP contribution in [0.15, 0.2) is 12.1 Å². The van der Waals surface area contributed by atoms with Crippen LogP contribution >= 0.6 is 0 Å². The molecule has 2 N–H and O–H groups in total. The Morgan fingerprint density at radius 1 is 1.19 bits per heavy atom. The van der Waals surface area contributed by atoms with Crippen molar-refractivity contribution in [1.82, 2.24) is 0 Å². The first-order valence-corrected chi connectivity index (χ1v) is 8.20. The van der Waals surface area contributed by atoms with Crippen molar-refractivity contribution in [2.75, 3.05) is 0 Å². The maximum Gasteiger partial charge on any atom is 0.130 e. The summed E-state index contributed by atoms with van der Waals surface area (Å²) in [5, 5.41) is 20.0. The summed E-state index contributed by atoms with van der Waals surface area (Å²) in [6.45, 7) is 2.23. The minimum Gasteiger partial charge on any atom is -0.508 e. The maximum atomic E-state index is 14.4. The van der Waals surface area contributed by atoms with Crippen LogP contribution in [0.2, 0.25) is 0 Å². The van der Waals surface area contributed by atoms with E-state index < -0.39 is 0 Å². The normalized spacial score (nSPS) is 41.3. The van der Waals surface area contributed by atoms with Crippen molar-refractivity contribution < 1.29 is 14.6 Å². The van der Waals surface area contributed by atoms with Crippen molar-refractivity contribution >= 4 is 0 Å². The van der Waals surface area contributed by atoms with Crippen LogP contribution in [0.3, 0.4) is 0 Å². The molecule has 0 saturated heterocycles. The van der Waals surface area contributed by atoms with Crippen molar-refractivity contribution in [1.29, 1.82) is 0 Å². The third-order valence-corrected chi connectivity index (χ3v) is 6.70. The van der Waals surface area contributed by atoms with E-state index in [4.69, 9.17) is 0 Å². The lowest BCUT2D eigenvalue weighted by molar-refractivity contribution is -0.0231. The molecule has 2 fully saturated rings. The third-order valence-electron chi connectivity index (χ3n) is 6.70. The van der Waals surface area contributed by atoms with Gasteiger partial charge in [-0.25, -0.2) is 4.39 Å². The summed E-state index contributed by atoms with van der Waals surface area (Å²) < 4.78 is 14.4. The predicted octanol–water partition coefficient (Wildman–Crippen LogP) is 3.75. The van der Waals surface area contributed by atoms with E-state index in [1.165, 1.54) is 6.07 Å². The molecule has 21 heavy (non-hydrogen) atoms. The number of phenols is 1. The molecule has 0 aliphatic heterocycles. The Bertz CT molecular complexity index is 585. The second-order valence-corrected chi connectivity index (χ2v) is 7.55. The Morgan fingerprint density at radius 2 is 2.00 bits per heavy atom. The van der Waals surface area contributed by atoms with Gasteiger partial charge in [0.05, 0.1) is 6.10 Å². The molecule has 0 aromatic heterocycles. The summed E-state index contributed by atoms with van der Waals surface area (Å²) in [4.78, 5) is 0. The number of halogens is 1. The zero-order chi connectivity index (χ0) is 14.8. The molecule has 2 saturated carbocycles. The fourth-order valence-corrected chi connectivity index (χ4v) is 5.62. The van der Waals surface area contributed by atoms with Crippen molar-refractivity contribution in [2.24, 2.45) is 17.3 Å². The average molecular weight is 290 g/mol. The van der Waals surface area contributed by atoms with Gasteiger partial charge in [0.2, 0.25) is 0 Å². The highest BCUT2D eigenvalue weighted by Gasteiger charge is 2.54. The quantitative estimate of drug-likeness (QED) is 0.764. The molecular formula is C18H23FO2. The summed E-state index contributed by atoms with van der Waals surface area (Å²) in [7, 11) is 0. The number of aromatic hydroxyl groups is 1. The van der Waals surface area contributed by atoms with Gasteiger partial charge in [-0.15, -0.1) is 0 Å². The van der Waals surface area contributed by atoms with Gasteiger partial charge in [0, 0.05) is 6.07 Å². The van der Waals surface area contributed by atoms with E-state index in [9.17, 15) is 14.6 Å². The summed E-state index contributed by atoms with van der Waals surface area (Å²) in [5.74, 6) is 1.10. The zero-order valence-electron chi connectivity index (χ0n) is 12.5. The molecule has 2 nitrogen and oxygen atoms in total. The Balaban J connectivity index is 1.75. The molecule has 1 aromatic rings. The number of aliphatic hydroxyl groups is 1.